The maximum Gasteiger partial charge on any atom is 0.167 e. The van der Waals surface area contributed by atoms with Gasteiger partial charge in [-0.1, -0.05) is 0 Å². The van der Waals surface area contributed by atoms with Crippen molar-refractivity contribution in [2.45, 2.75) is 6.54 Å². The minimum Gasteiger partial charge on any atom is -0.326 e. The zero-order valence-electron chi connectivity index (χ0n) is 7.27. The molecule has 2 aromatic rings. The van der Waals surface area contributed by atoms with Crippen molar-refractivity contribution in [2.75, 3.05) is 0 Å². The molecule has 68 valence electrons. The van der Waals surface area contributed by atoms with Crippen molar-refractivity contribution in [1.82, 2.24) is 14.8 Å². The Balaban J connectivity index is 2.41. The molecule has 0 atom stereocenters. The summed E-state index contributed by atoms with van der Waals surface area (Å²) in [7, 11) is 1.88. The van der Waals surface area contributed by atoms with E-state index in [1.807, 2.05) is 12.4 Å². The Morgan fingerprint density at radius 2 is 2.46 bits per heavy atom. The number of hydrogen-bond donors (Lipinski definition) is 1. The van der Waals surface area contributed by atoms with E-state index >= 15 is 0 Å². The molecule has 0 spiro atoms. The largest absolute Gasteiger partial charge is 0.326 e. The van der Waals surface area contributed by atoms with Crippen LogP contribution in [0.25, 0.3) is 10.7 Å². The molecule has 0 unspecified atom stereocenters. The van der Waals surface area contributed by atoms with Crippen LogP contribution >= 0.6 is 11.3 Å². The summed E-state index contributed by atoms with van der Waals surface area (Å²) in [5.41, 5.74) is 6.66. The van der Waals surface area contributed by atoms with E-state index in [4.69, 9.17) is 5.73 Å². The van der Waals surface area contributed by atoms with Crippen LogP contribution in [0.2, 0.25) is 0 Å². The first-order chi connectivity index (χ1) is 6.31. The average Bonchev–Trinajstić information content (AvgIpc) is 2.71. The quantitative estimate of drug-likeness (QED) is 0.776. The van der Waals surface area contributed by atoms with Crippen molar-refractivity contribution >= 4 is 11.3 Å². The van der Waals surface area contributed by atoms with Crippen LogP contribution in [0, 0.1) is 0 Å². The van der Waals surface area contributed by atoms with Crippen molar-refractivity contribution in [3.63, 3.8) is 0 Å². The average molecular weight is 194 g/mol. The molecule has 0 aromatic carbocycles. The van der Waals surface area contributed by atoms with Gasteiger partial charge in [-0.05, 0) is 17.0 Å². The molecule has 2 heterocycles. The molecule has 0 fully saturated rings. The Morgan fingerprint density at radius 3 is 3.00 bits per heavy atom. The van der Waals surface area contributed by atoms with Gasteiger partial charge >= 0.3 is 0 Å². The van der Waals surface area contributed by atoms with Crippen LogP contribution in [0.5, 0.6) is 0 Å². The summed E-state index contributed by atoms with van der Waals surface area (Å²) in [6.45, 7) is 0.578. The summed E-state index contributed by atoms with van der Waals surface area (Å²) in [6, 6.07) is 2.05. The normalized spacial score (nSPS) is 10.6. The van der Waals surface area contributed by atoms with E-state index in [0.717, 1.165) is 16.3 Å². The van der Waals surface area contributed by atoms with E-state index in [9.17, 15) is 0 Å². The second kappa shape index (κ2) is 3.27. The number of thiophene rings is 1. The van der Waals surface area contributed by atoms with Crippen molar-refractivity contribution < 1.29 is 0 Å². The lowest BCUT2D eigenvalue weighted by Gasteiger charge is -1.93. The molecule has 0 aliphatic carbocycles. The molecule has 4 nitrogen and oxygen atoms in total. The lowest BCUT2D eigenvalue weighted by atomic mass is 10.3. The highest BCUT2D eigenvalue weighted by Crippen LogP contribution is 2.24. The highest BCUT2D eigenvalue weighted by atomic mass is 32.1. The number of rotatable bonds is 2. The van der Waals surface area contributed by atoms with Crippen LogP contribution in [0.15, 0.2) is 17.8 Å². The molecule has 2 aromatic heterocycles. The van der Waals surface area contributed by atoms with Gasteiger partial charge in [-0.3, -0.25) is 0 Å². The number of nitrogens with two attached hydrogens (primary N) is 1. The van der Waals surface area contributed by atoms with Gasteiger partial charge < -0.3 is 5.73 Å². The monoisotopic (exact) mass is 194 g/mol. The zero-order valence-corrected chi connectivity index (χ0v) is 8.08. The summed E-state index contributed by atoms with van der Waals surface area (Å²) in [5, 5.41) is 6.05. The summed E-state index contributed by atoms with van der Waals surface area (Å²) in [5.74, 6) is 0.893. The lowest BCUT2D eigenvalue weighted by molar-refractivity contribution is 0.776. The Bertz CT molecular complexity index is 404. The summed E-state index contributed by atoms with van der Waals surface area (Å²) >= 11 is 1.64. The van der Waals surface area contributed by atoms with E-state index in [-0.39, 0.29) is 0 Å². The Labute approximate surface area is 80.0 Å². The second-order valence-corrected chi connectivity index (χ2v) is 3.64. The van der Waals surface area contributed by atoms with Crippen LogP contribution in [0.3, 0.4) is 0 Å². The molecule has 0 aliphatic rings. The van der Waals surface area contributed by atoms with Gasteiger partial charge in [0, 0.05) is 13.6 Å². The van der Waals surface area contributed by atoms with Gasteiger partial charge in [-0.25, -0.2) is 9.67 Å². The molecule has 2 rings (SSSR count). The molecule has 0 radical (unpaired) electrons. The SMILES string of the molecule is Cn1ncnc1-c1cc(CN)cs1. The maximum atomic E-state index is 5.52. The van der Waals surface area contributed by atoms with Crippen LogP contribution in [-0.4, -0.2) is 14.8 Å². The van der Waals surface area contributed by atoms with E-state index in [2.05, 4.69) is 16.1 Å². The molecule has 2 N–H and O–H groups in total. The van der Waals surface area contributed by atoms with Gasteiger partial charge in [0.05, 0.1) is 4.88 Å². The van der Waals surface area contributed by atoms with E-state index in [0.29, 0.717) is 6.54 Å². The fourth-order valence-electron chi connectivity index (χ4n) is 1.12. The summed E-state index contributed by atoms with van der Waals surface area (Å²) < 4.78 is 1.76. The third-order valence-electron chi connectivity index (χ3n) is 1.82. The third-order valence-corrected chi connectivity index (χ3v) is 2.80. The smallest absolute Gasteiger partial charge is 0.167 e. The topological polar surface area (TPSA) is 56.7 Å². The van der Waals surface area contributed by atoms with Crippen molar-refractivity contribution in [3.8, 4) is 10.7 Å². The van der Waals surface area contributed by atoms with Gasteiger partial charge in [-0.15, -0.1) is 11.3 Å². The predicted octanol–water partition coefficient (Wildman–Crippen LogP) is 1.00. The maximum absolute atomic E-state index is 5.52. The first-order valence-corrected chi connectivity index (χ1v) is 4.81. The number of aryl methyl sites for hydroxylation is 1. The summed E-state index contributed by atoms with van der Waals surface area (Å²) in [6.07, 6.45) is 1.55. The van der Waals surface area contributed by atoms with Gasteiger partial charge in [0.1, 0.15) is 6.33 Å². The number of aromatic nitrogens is 3. The molecule has 0 aliphatic heterocycles. The van der Waals surface area contributed by atoms with Crippen LogP contribution in [0.1, 0.15) is 5.56 Å². The number of hydrogen-bond acceptors (Lipinski definition) is 4. The molecule has 13 heavy (non-hydrogen) atoms. The van der Waals surface area contributed by atoms with Gasteiger partial charge in [0.25, 0.3) is 0 Å². The minimum absolute atomic E-state index is 0.578. The highest BCUT2D eigenvalue weighted by Gasteiger charge is 2.06. The van der Waals surface area contributed by atoms with Crippen molar-refractivity contribution in [1.29, 1.82) is 0 Å². The lowest BCUT2D eigenvalue weighted by Crippen LogP contribution is -1.94. The molecule has 0 saturated carbocycles. The zero-order chi connectivity index (χ0) is 9.26. The number of nitrogens with zero attached hydrogens (tertiary/aromatic N) is 3. The fourth-order valence-corrected chi connectivity index (χ4v) is 2.07. The minimum atomic E-state index is 0.578. The first-order valence-electron chi connectivity index (χ1n) is 3.93. The third kappa shape index (κ3) is 1.48. The standard InChI is InChI=1S/C8H10N4S/c1-12-8(10-5-11-12)7-2-6(3-9)4-13-7/h2,4-5H,3,9H2,1H3. The van der Waals surface area contributed by atoms with E-state index in [1.54, 1.807) is 22.3 Å². The van der Waals surface area contributed by atoms with Crippen molar-refractivity contribution in [3.05, 3.63) is 23.3 Å². The second-order valence-electron chi connectivity index (χ2n) is 2.73. The fraction of sp³-hybridized carbons (Fsp3) is 0.250. The van der Waals surface area contributed by atoms with Crippen LogP contribution in [-0.2, 0) is 13.6 Å². The molecule has 0 amide bonds. The Hall–Kier alpha value is -1.20. The predicted molar refractivity (Wildman–Crippen MR) is 52.2 cm³/mol. The molecule has 0 bridgehead atoms. The molecule has 0 saturated heterocycles. The van der Waals surface area contributed by atoms with Crippen molar-refractivity contribution in [2.24, 2.45) is 12.8 Å². The summed E-state index contributed by atoms with van der Waals surface area (Å²) in [4.78, 5) is 5.27. The van der Waals surface area contributed by atoms with Gasteiger partial charge in [0.2, 0.25) is 0 Å². The molecular weight excluding hydrogens is 184 g/mol. The molecular formula is C8H10N4S. The Kier molecular flexibility index (Phi) is 2.12. The van der Waals surface area contributed by atoms with E-state index < -0.39 is 0 Å². The van der Waals surface area contributed by atoms with Crippen LogP contribution < -0.4 is 5.73 Å². The van der Waals surface area contributed by atoms with Gasteiger partial charge in [-0.2, -0.15) is 5.10 Å². The van der Waals surface area contributed by atoms with Gasteiger partial charge in [0.15, 0.2) is 5.82 Å². The molecule has 5 heteroatoms. The van der Waals surface area contributed by atoms with Crippen LogP contribution in [0.4, 0.5) is 0 Å². The Morgan fingerprint density at radius 1 is 1.62 bits per heavy atom. The van der Waals surface area contributed by atoms with E-state index in [1.165, 1.54) is 0 Å². The highest BCUT2D eigenvalue weighted by molar-refractivity contribution is 7.13. The first kappa shape index (κ1) is 8.40.